The van der Waals surface area contributed by atoms with Crippen LogP contribution >= 0.6 is 11.6 Å². The van der Waals surface area contributed by atoms with Crippen molar-refractivity contribution in [3.63, 3.8) is 0 Å². The molecule has 7 heteroatoms. The van der Waals surface area contributed by atoms with Crippen LogP contribution in [0.4, 0.5) is 5.69 Å². The molecule has 21 heavy (non-hydrogen) atoms. The molecule has 0 saturated heterocycles. The van der Waals surface area contributed by atoms with E-state index in [1.54, 1.807) is 13.2 Å². The number of anilines is 1. The molecule has 0 unspecified atom stereocenters. The number of aromatic nitrogens is 4. The second-order valence-corrected chi connectivity index (χ2v) is 5.99. The number of rotatable bonds is 6. The Labute approximate surface area is 128 Å². The van der Waals surface area contributed by atoms with Crippen LogP contribution < -0.4 is 5.73 Å². The lowest BCUT2D eigenvalue weighted by Gasteiger charge is -2.15. The quantitative estimate of drug-likeness (QED) is 0.829. The van der Waals surface area contributed by atoms with Crippen LogP contribution in [0.15, 0.2) is 18.2 Å². The van der Waals surface area contributed by atoms with Gasteiger partial charge in [-0.25, -0.2) is 4.68 Å². The van der Waals surface area contributed by atoms with E-state index in [0.717, 1.165) is 25.1 Å². The minimum Gasteiger partial charge on any atom is -0.398 e. The molecule has 1 fully saturated rings. The van der Waals surface area contributed by atoms with Crippen LogP contribution in [0.5, 0.6) is 0 Å². The molecular weight excluding hydrogens is 290 g/mol. The molecule has 1 aromatic heterocycles. The number of benzene rings is 1. The Morgan fingerprint density at radius 2 is 2.24 bits per heavy atom. The molecule has 2 N–H and O–H groups in total. The monoisotopic (exact) mass is 307 g/mol. The first-order chi connectivity index (χ1) is 10.2. The molecule has 0 aliphatic heterocycles. The van der Waals surface area contributed by atoms with Crippen LogP contribution in [0.3, 0.4) is 0 Å². The summed E-state index contributed by atoms with van der Waals surface area (Å²) in [7, 11) is 1.73. The first-order valence-corrected chi connectivity index (χ1v) is 7.32. The van der Waals surface area contributed by atoms with Crippen molar-refractivity contribution in [2.45, 2.75) is 25.8 Å². The van der Waals surface area contributed by atoms with E-state index in [9.17, 15) is 0 Å². The molecule has 0 radical (unpaired) electrons. The molecule has 3 rings (SSSR count). The Kier molecular flexibility index (Phi) is 3.82. The normalized spacial score (nSPS) is 16.1. The van der Waals surface area contributed by atoms with Crippen LogP contribution in [-0.2, 0) is 11.3 Å². The summed E-state index contributed by atoms with van der Waals surface area (Å²) in [5.74, 6) is 0.663. The summed E-state index contributed by atoms with van der Waals surface area (Å²) in [5, 5.41) is 12.5. The average molecular weight is 308 g/mol. The Morgan fingerprint density at radius 1 is 1.43 bits per heavy atom. The van der Waals surface area contributed by atoms with Crippen molar-refractivity contribution in [1.82, 2.24) is 20.2 Å². The molecule has 1 saturated carbocycles. The molecule has 1 heterocycles. The van der Waals surface area contributed by atoms with Crippen LogP contribution in [0, 0.1) is 5.41 Å². The van der Waals surface area contributed by atoms with Crippen molar-refractivity contribution in [2.24, 2.45) is 5.41 Å². The third kappa shape index (κ3) is 2.87. The molecule has 0 atom stereocenters. The van der Waals surface area contributed by atoms with Gasteiger partial charge in [0, 0.05) is 19.3 Å². The van der Waals surface area contributed by atoms with E-state index < -0.39 is 0 Å². The summed E-state index contributed by atoms with van der Waals surface area (Å²) >= 11 is 6.27. The Morgan fingerprint density at radius 3 is 2.95 bits per heavy atom. The van der Waals surface area contributed by atoms with Gasteiger partial charge in [0.05, 0.1) is 17.3 Å². The van der Waals surface area contributed by atoms with Gasteiger partial charge < -0.3 is 10.5 Å². The number of halogens is 1. The van der Waals surface area contributed by atoms with E-state index in [2.05, 4.69) is 15.5 Å². The van der Waals surface area contributed by atoms with Gasteiger partial charge in [-0.1, -0.05) is 17.7 Å². The highest BCUT2D eigenvalue weighted by molar-refractivity contribution is 6.35. The highest BCUT2D eigenvalue weighted by Crippen LogP contribution is 2.50. The van der Waals surface area contributed by atoms with Crippen molar-refractivity contribution in [1.29, 1.82) is 0 Å². The molecule has 6 nitrogen and oxygen atoms in total. The summed E-state index contributed by atoms with van der Waals surface area (Å²) in [6, 6.07) is 5.50. The zero-order valence-corrected chi connectivity index (χ0v) is 12.7. The van der Waals surface area contributed by atoms with Crippen molar-refractivity contribution >= 4 is 17.3 Å². The number of hydrogen-bond donors (Lipinski definition) is 1. The van der Waals surface area contributed by atoms with E-state index >= 15 is 0 Å². The van der Waals surface area contributed by atoms with Crippen LogP contribution in [-0.4, -0.2) is 33.9 Å². The maximum atomic E-state index is 6.27. The van der Waals surface area contributed by atoms with E-state index in [4.69, 9.17) is 22.1 Å². The summed E-state index contributed by atoms with van der Waals surface area (Å²) in [4.78, 5) is 0. The van der Waals surface area contributed by atoms with Crippen molar-refractivity contribution < 1.29 is 4.74 Å². The van der Waals surface area contributed by atoms with Gasteiger partial charge in [0.1, 0.15) is 0 Å². The zero-order chi connectivity index (χ0) is 14.9. The Hall–Kier alpha value is -1.66. The number of tetrazole rings is 1. The number of hydrogen-bond acceptors (Lipinski definition) is 5. The number of methoxy groups -OCH3 is 1. The molecule has 0 bridgehead atoms. The largest absolute Gasteiger partial charge is 0.398 e. The highest BCUT2D eigenvalue weighted by Gasteiger charge is 2.43. The first-order valence-electron chi connectivity index (χ1n) is 6.95. The molecule has 0 spiro atoms. The average Bonchev–Trinajstić information content (AvgIpc) is 3.09. The van der Waals surface area contributed by atoms with Gasteiger partial charge in [0.25, 0.3) is 0 Å². The molecular formula is C14H18ClN5O. The first kappa shape index (κ1) is 14.3. The van der Waals surface area contributed by atoms with Gasteiger partial charge in [-0.2, -0.15) is 0 Å². The lowest BCUT2D eigenvalue weighted by molar-refractivity contribution is 0.165. The second kappa shape index (κ2) is 5.61. The van der Waals surface area contributed by atoms with Gasteiger partial charge in [-0.15, -0.1) is 5.10 Å². The SMILES string of the molecule is COCCC1(Cn2nnnc2-c2cccc(N)c2Cl)CC1. The highest BCUT2D eigenvalue weighted by atomic mass is 35.5. The van der Waals surface area contributed by atoms with Crippen molar-refractivity contribution in [3.05, 3.63) is 23.2 Å². The van der Waals surface area contributed by atoms with E-state index in [1.165, 1.54) is 12.8 Å². The Bertz CT molecular complexity index is 638. The maximum Gasteiger partial charge on any atom is 0.183 e. The summed E-state index contributed by atoms with van der Waals surface area (Å²) < 4.78 is 7.01. The number of nitrogen functional groups attached to an aromatic ring is 1. The fraction of sp³-hybridized carbons (Fsp3) is 0.500. The molecule has 2 aromatic rings. The van der Waals surface area contributed by atoms with Gasteiger partial charge in [0.2, 0.25) is 0 Å². The molecule has 1 aliphatic rings. The van der Waals surface area contributed by atoms with Gasteiger partial charge in [-0.05, 0) is 47.2 Å². The zero-order valence-electron chi connectivity index (χ0n) is 11.9. The van der Waals surface area contributed by atoms with E-state index in [1.807, 2.05) is 16.8 Å². The molecule has 1 aliphatic carbocycles. The van der Waals surface area contributed by atoms with Gasteiger partial charge >= 0.3 is 0 Å². The third-order valence-electron chi connectivity index (χ3n) is 4.08. The minimum absolute atomic E-state index is 0.257. The summed E-state index contributed by atoms with van der Waals surface area (Å²) in [5.41, 5.74) is 7.41. The van der Waals surface area contributed by atoms with E-state index in [0.29, 0.717) is 16.5 Å². The summed E-state index contributed by atoms with van der Waals surface area (Å²) in [6.45, 7) is 1.54. The van der Waals surface area contributed by atoms with Gasteiger partial charge in [-0.3, -0.25) is 0 Å². The van der Waals surface area contributed by atoms with E-state index in [-0.39, 0.29) is 5.41 Å². The third-order valence-corrected chi connectivity index (χ3v) is 4.50. The van der Waals surface area contributed by atoms with Crippen LogP contribution in [0.2, 0.25) is 5.02 Å². The van der Waals surface area contributed by atoms with Crippen LogP contribution in [0.25, 0.3) is 11.4 Å². The maximum absolute atomic E-state index is 6.27. The van der Waals surface area contributed by atoms with Crippen molar-refractivity contribution in [2.75, 3.05) is 19.5 Å². The molecule has 112 valence electrons. The smallest absolute Gasteiger partial charge is 0.183 e. The topological polar surface area (TPSA) is 78.8 Å². The number of nitrogens with two attached hydrogens (primary N) is 1. The number of ether oxygens (including phenoxy) is 1. The predicted molar refractivity (Wildman–Crippen MR) is 80.8 cm³/mol. The summed E-state index contributed by atoms with van der Waals surface area (Å²) in [6.07, 6.45) is 3.38. The lowest BCUT2D eigenvalue weighted by atomic mass is 10.0. The molecule has 0 amide bonds. The lowest BCUT2D eigenvalue weighted by Crippen LogP contribution is -2.16. The van der Waals surface area contributed by atoms with Gasteiger partial charge in [0.15, 0.2) is 5.82 Å². The minimum atomic E-state index is 0.257. The predicted octanol–water partition coefficient (Wildman–Crippen LogP) is 2.39. The van der Waals surface area contributed by atoms with Crippen LogP contribution in [0.1, 0.15) is 19.3 Å². The number of nitrogens with zero attached hydrogens (tertiary/aromatic N) is 4. The fourth-order valence-corrected chi connectivity index (χ4v) is 2.74. The Balaban J connectivity index is 1.86. The standard InChI is InChI=1S/C14H18ClN5O/c1-21-8-7-14(5-6-14)9-20-13(17-18-19-20)10-3-2-4-11(16)12(10)15/h2-4H,5-9,16H2,1H3. The van der Waals surface area contributed by atoms with Crippen molar-refractivity contribution in [3.8, 4) is 11.4 Å². The molecule has 1 aromatic carbocycles. The fourth-order valence-electron chi connectivity index (χ4n) is 2.53. The second-order valence-electron chi connectivity index (χ2n) is 5.61.